The number of rotatable bonds is 7. The molecule has 4 amide bonds. The van der Waals surface area contributed by atoms with Crippen LogP contribution in [0.1, 0.15) is 48.3 Å². The number of carbonyl (C=O) groups is 3. The minimum atomic E-state index is -0.346. The molecule has 3 aromatic rings. The maximum atomic E-state index is 13.4. The van der Waals surface area contributed by atoms with E-state index in [1.807, 2.05) is 39.0 Å². The molecule has 0 bridgehead atoms. The van der Waals surface area contributed by atoms with Gasteiger partial charge in [0.25, 0.3) is 5.91 Å². The molecule has 2 atom stereocenters. The average Bonchev–Trinajstić information content (AvgIpc) is 3.44. The van der Waals surface area contributed by atoms with Gasteiger partial charge in [-0.25, -0.2) is 9.78 Å². The van der Waals surface area contributed by atoms with Crippen LogP contribution in [0.4, 0.5) is 21.9 Å². The van der Waals surface area contributed by atoms with Gasteiger partial charge in [-0.2, -0.15) is 0 Å². The van der Waals surface area contributed by atoms with E-state index >= 15 is 0 Å². The number of nitrogens with zero attached hydrogens (tertiary/aromatic N) is 2. The van der Waals surface area contributed by atoms with Crippen LogP contribution in [0.3, 0.4) is 0 Å². The number of aryl methyl sites for hydroxylation is 1. The molecule has 2 aromatic heterocycles. The van der Waals surface area contributed by atoms with Gasteiger partial charge in [-0.3, -0.25) is 14.5 Å². The molecule has 2 aliphatic rings. The molecule has 37 heavy (non-hydrogen) atoms. The lowest BCUT2D eigenvalue weighted by Crippen LogP contribution is -2.37. The number of hydrogen-bond donors (Lipinski definition) is 3. The number of thiophene rings is 1. The SMILES string of the molecule is C=CC(=O)N[C@@H]1CCC(NC(=O)c2sc3nccc4c3c2NC(=O)N4c2ccc(OC(C)C)cc2C)C1. The van der Waals surface area contributed by atoms with E-state index in [0.717, 1.165) is 35.2 Å². The number of ether oxygens (including phenoxy) is 1. The van der Waals surface area contributed by atoms with E-state index in [1.54, 1.807) is 17.2 Å². The predicted octanol–water partition coefficient (Wildman–Crippen LogP) is 5.03. The Morgan fingerprint density at radius 2 is 1.97 bits per heavy atom. The van der Waals surface area contributed by atoms with Gasteiger partial charge in [0.05, 0.1) is 28.6 Å². The first kappa shape index (κ1) is 24.8. The molecular weight excluding hydrogens is 490 g/mol. The molecule has 1 aliphatic heterocycles. The number of aromatic nitrogens is 1. The van der Waals surface area contributed by atoms with E-state index in [-0.39, 0.29) is 36.0 Å². The normalized spacial score (nSPS) is 18.6. The number of carbonyl (C=O) groups excluding carboxylic acids is 3. The second kappa shape index (κ2) is 9.85. The molecule has 1 saturated carbocycles. The third-order valence-electron chi connectivity index (χ3n) is 6.53. The summed E-state index contributed by atoms with van der Waals surface area (Å²) in [4.78, 5) is 45.5. The second-order valence-corrected chi connectivity index (χ2v) is 10.6. The van der Waals surface area contributed by atoms with Crippen LogP contribution in [0, 0.1) is 6.92 Å². The van der Waals surface area contributed by atoms with E-state index in [4.69, 9.17) is 4.74 Å². The van der Waals surface area contributed by atoms with Crippen molar-refractivity contribution in [3.63, 3.8) is 0 Å². The zero-order chi connectivity index (χ0) is 26.3. The lowest BCUT2D eigenvalue weighted by molar-refractivity contribution is -0.117. The lowest BCUT2D eigenvalue weighted by atomic mass is 10.1. The number of pyridine rings is 1. The van der Waals surface area contributed by atoms with Gasteiger partial charge in [0.1, 0.15) is 15.5 Å². The van der Waals surface area contributed by atoms with Gasteiger partial charge < -0.3 is 20.7 Å². The van der Waals surface area contributed by atoms with Crippen LogP contribution in [0.5, 0.6) is 5.75 Å². The summed E-state index contributed by atoms with van der Waals surface area (Å²) in [6, 6.07) is 7.00. The summed E-state index contributed by atoms with van der Waals surface area (Å²) in [5, 5.41) is 9.64. The molecule has 1 fully saturated rings. The highest BCUT2D eigenvalue weighted by molar-refractivity contribution is 7.21. The first-order valence-electron chi connectivity index (χ1n) is 12.3. The summed E-state index contributed by atoms with van der Waals surface area (Å²) < 4.78 is 5.80. The Hall–Kier alpha value is -3.92. The second-order valence-electron chi connectivity index (χ2n) is 9.59. The van der Waals surface area contributed by atoms with Gasteiger partial charge in [-0.15, -0.1) is 11.3 Å². The third kappa shape index (κ3) is 4.76. The Balaban J connectivity index is 1.43. The van der Waals surface area contributed by atoms with Crippen molar-refractivity contribution in [1.82, 2.24) is 15.6 Å². The molecule has 192 valence electrons. The standard InChI is InChI=1S/C27H29N5O4S/c1-5-21(33)29-16-6-7-17(13-16)30-25(34)24-23-22-20(10-11-28-26(22)37-24)32(27(35)31-23)19-9-8-18(12-15(19)4)36-14(2)3/h5,8-12,14,16-17H,1,6-7,13H2,2-4H3,(H,29,33)(H,30,34)(H,31,35)/t16-,17?/m1/s1. The molecule has 5 rings (SSSR count). The van der Waals surface area contributed by atoms with Crippen molar-refractivity contribution in [2.75, 3.05) is 10.2 Å². The minimum Gasteiger partial charge on any atom is -0.491 e. The van der Waals surface area contributed by atoms with E-state index in [9.17, 15) is 14.4 Å². The number of amides is 4. The maximum absolute atomic E-state index is 13.4. The average molecular weight is 520 g/mol. The smallest absolute Gasteiger partial charge is 0.331 e. The van der Waals surface area contributed by atoms with Crippen LogP contribution in [0.15, 0.2) is 43.1 Å². The molecule has 3 N–H and O–H groups in total. The Kier molecular flexibility index (Phi) is 6.59. The van der Waals surface area contributed by atoms with Crippen LogP contribution < -0.4 is 25.6 Å². The Morgan fingerprint density at radius 3 is 2.68 bits per heavy atom. The van der Waals surface area contributed by atoms with Crippen LogP contribution in [0.25, 0.3) is 10.2 Å². The molecule has 0 radical (unpaired) electrons. The third-order valence-corrected chi connectivity index (χ3v) is 7.63. The highest BCUT2D eigenvalue weighted by Crippen LogP contribution is 2.46. The van der Waals surface area contributed by atoms with Crippen LogP contribution in [-0.4, -0.2) is 41.0 Å². The molecule has 1 unspecified atom stereocenters. The molecule has 1 aliphatic carbocycles. The summed E-state index contributed by atoms with van der Waals surface area (Å²) in [6.07, 6.45) is 5.13. The Bertz CT molecular complexity index is 1420. The number of urea groups is 1. The van der Waals surface area contributed by atoms with Crippen LogP contribution in [0.2, 0.25) is 0 Å². The van der Waals surface area contributed by atoms with Gasteiger partial charge in [-0.1, -0.05) is 6.58 Å². The van der Waals surface area contributed by atoms with Crippen molar-refractivity contribution < 1.29 is 19.1 Å². The first-order chi connectivity index (χ1) is 17.7. The quantitative estimate of drug-likeness (QED) is 0.379. The van der Waals surface area contributed by atoms with Crippen LogP contribution in [-0.2, 0) is 4.79 Å². The molecule has 1 aromatic carbocycles. The number of anilines is 3. The lowest BCUT2D eigenvalue weighted by Gasteiger charge is -2.29. The topological polar surface area (TPSA) is 113 Å². The fourth-order valence-electron chi connectivity index (χ4n) is 4.96. The summed E-state index contributed by atoms with van der Waals surface area (Å²) in [5.74, 6) is 0.265. The Labute approximate surface area is 218 Å². The minimum absolute atomic E-state index is 0.00124. The Morgan fingerprint density at radius 1 is 1.22 bits per heavy atom. The molecule has 0 spiro atoms. The van der Waals surface area contributed by atoms with Crippen molar-refractivity contribution in [2.45, 2.75) is 58.2 Å². The van der Waals surface area contributed by atoms with Crippen molar-refractivity contribution in [1.29, 1.82) is 0 Å². The van der Waals surface area contributed by atoms with Crippen molar-refractivity contribution >= 4 is 56.5 Å². The van der Waals surface area contributed by atoms with Crippen LogP contribution >= 0.6 is 11.3 Å². The van der Waals surface area contributed by atoms with Gasteiger partial charge in [-0.05, 0) is 75.9 Å². The fraction of sp³-hybridized carbons (Fsp3) is 0.333. The van der Waals surface area contributed by atoms with E-state index in [0.29, 0.717) is 27.5 Å². The van der Waals surface area contributed by atoms with Gasteiger partial charge >= 0.3 is 6.03 Å². The molecular formula is C27H29N5O4S. The van der Waals surface area contributed by atoms with Crippen molar-refractivity contribution in [3.05, 3.63) is 53.6 Å². The highest BCUT2D eigenvalue weighted by Gasteiger charge is 2.34. The zero-order valence-corrected chi connectivity index (χ0v) is 21.8. The monoisotopic (exact) mass is 519 g/mol. The summed E-state index contributed by atoms with van der Waals surface area (Å²) >= 11 is 1.25. The number of benzene rings is 1. The largest absolute Gasteiger partial charge is 0.491 e. The zero-order valence-electron chi connectivity index (χ0n) is 21.0. The van der Waals surface area contributed by atoms with Gasteiger partial charge in [0, 0.05) is 18.3 Å². The first-order valence-corrected chi connectivity index (χ1v) is 13.1. The number of hydrogen-bond acceptors (Lipinski definition) is 6. The van der Waals surface area contributed by atoms with Crippen molar-refractivity contribution in [3.8, 4) is 5.75 Å². The summed E-state index contributed by atoms with van der Waals surface area (Å²) in [6.45, 7) is 9.34. The molecule has 3 heterocycles. The summed E-state index contributed by atoms with van der Waals surface area (Å²) in [7, 11) is 0. The summed E-state index contributed by atoms with van der Waals surface area (Å²) in [5.41, 5.74) is 2.76. The fourth-order valence-corrected chi connectivity index (χ4v) is 5.98. The maximum Gasteiger partial charge on any atom is 0.331 e. The molecule has 0 saturated heterocycles. The number of nitrogens with one attached hydrogen (secondary N) is 3. The van der Waals surface area contributed by atoms with E-state index < -0.39 is 0 Å². The predicted molar refractivity (Wildman–Crippen MR) is 145 cm³/mol. The van der Waals surface area contributed by atoms with E-state index in [2.05, 4.69) is 27.5 Å². The van der Waals surface area contributed by atoms with Gasteiger partial charge in [0.2, 0.25) is 5.91 Å². The van der Waals surface area contributed by atoms with E-state index in [1.165, 1.54) is 17.4 Å². The van der Waals surface area contributed by atoms with Gasteiger partial charge in [0.15, 0.2) is 0 Å². The highest BCUT2D eigenvalue weighted by atomic mass is 32.1. The molecule has 9 nitrogen and oxygen atoms in total. The molecule has 10 heteroatoms. The van der Waals surface area contributed by atoms with Crippen molar-refractivity contribution in [2.24, 2.45) is 0 Å².